The van der Waals surface area contributed by atoms with E-state index in [9.17, 15) is 0 Å². The highest BCUT2D eigenvalue weighted by Crippen LogP contribution is 2.47. The summed E-state index contributed by atoms with van der Waals surface area (Å²) in [6, 6.07) is 26.7. The highest BCUT2D eigenvalue weighted by Gasteiger charge is 2.50. The van der Waals surface area contributed by atoms with Crippen LogP contribution >= 0.6 is 0 Å². The molecule has 0 unspecified atom stereocenters. The van der Waals surface area contributed by atoms with Crippen LogP contribution < -0.4 is 20.2 Å². The molecule has 0 aromatic heterocycles. The van der Waals surface area contributed by atoms with E-state index in [0.29, 0.717) is 0 Å². The van der Waals surface area contributed by atoms with Crippen LogP contribution in [0.2, 0.25) is 0 Å². The Bertz CT molecular complexity index is 1110. The van der Waals surface area contributed by atoms with E-state index >= 15 is 0 Å². The van der Waals surface area contributed by atoms with Crippen LogP contribution in [0.1, 0.15) is 30.0 Å². The molecule has 0 saturated carbocycles. The van der Waals surface area contributed by atoms with E-state index in [0.717, 1.165) is 54.4 Å². The minimum absolute atomic E-state index is 0.151. The molecular formula is C26H25N3O2. The molecule has 2 N–H and O–H groups in total. The summed E-state index contributed by atoms with van der Waals surface area (Å²) in [5.41, 5.74) is 6.79. The van der Waals surface area contributed by atoms with E-state index < -0.39 is 0 Å². The first-order chi connectivity index (χ1) is 15.3. The summed E-state index contributed by atoms with van der Waals surface area (Å²) in [6.45, 7) is 1.90. The van der Waals surface area contributed by atoms with Gasteiger partial charge in [0.05, 0.1) is 11.7 Å². The number of hydrogen-bond acceptors (Lipinski definition) is 5. The van der Waals surface area contributed by atoms with Gasteiger partial charge in [0.25, 0.3) is 0 Å². The third-order valence-corrected chi connectivity index (χ3v) is 6.35. The van der Waals surface area contributed by atoms with Crippen molar-refractivity contribution in [3.8, 4) is 17.2 Å². The Balaban J connectivity index is 1.30. The molecule has 1 saturated heterocycles. The Morgan fingerprint density at radius 3 is 2.35 bits per heavy atom. The Morgan fingerprint density at radius 2 is 1.55 bits per heavy atom. The van der Waals surface area contributed by atoms with Crippen molar-refractivity contribution in [3.63, 3.8) is 0 Å². The van der Waals surface area contributed by atoms with Crippen molar-refractivity contribution < 1.29 is 9.47 Å². The number of piperidine rings is 1. The summed E-state index contributed by atoms with van der Waals surface area (Å²) in [7, 11) is 0. The molecule has 3 heterocycles. The van der Waals surface area contributed by atoms with Crippen LogP contribution in [0.5, 0.6) is 17.2 Å². The average molecular weight is 412 g/mol. The van der Waals surface area contributed by atoms with Crippen molar-refractivity contribution in [1.29, 1.82) is 0 Å². The van der Waals surface area contributed by atoms with E-state index in [-0.39, 0.29) is 11.8 Å². The minimum atomic E-state index is -0.334. The molecule has 0 radical (unpaired) electrons. The number of nitrogens with one attached hydrogen (secondary N) is 2. The van der Waals surface area contributed by atoms with Gasteiger partial charge in [-0.15, -0.1) is 0 Å². The van der Waals surface area contributed by atoms with Gasteiger partial charge in [0.2, 0.25) is 0 Å². The van der Waals surface area contributed by atoms with Crippen molar-refractivity contribution in [2.45, 2.75) is 24.6 Å². The van der Waals surface area contributed by atoms with Crippen LogP contribution in [0.25, 0.3) is 5.70 Å². The topological polar surface area (TPSA) is 45.8 Å². The predicted molar refractivity (Wildman–Crippen MR) is 121 cm³/mol. The molecule has 156 valence electrons. The molecule has 1 fully saturated rings. The Kier molecular flexibility index (Phi) is 4.44. The lowest BCUT2D eigenvalue weighted by atomic mass is 9.93. The first-order valence-electron chi connectivity index (χ1n) is 10.9. The van der Waals surface area contributed by atoms with Crippen LogP contribution in [0.4, 0.5) is 0 Å². The standard InChI is InChI=1S/C26H25N3O2/c1-2-6-20(7-3-1)30-21-12-10-19(11-13-21)23-18-24-22-8-4-5-9-25(22)31-26(29(24)28-23)14-16-27-17-15-26/h1-13,18,24,27-28H,14-17H2/t24-/m0/s1. The SMILES string of the molecule is C1=C(c2ccc(Oc3ccccc3)cc2)NN2[C@@H]1c1ccccc1OC21CCNCC1. The molecule has 3 aliphatic heterocycles. The maximum Gasteiger partial charge on any atom is 0.182 e. The molecule has 6 rings (SSSR count). The van der Waals surface area contributed by atoms with Gasteiger partial charge in [-0.3, -0.25) is 0 Å². The molecule has 5 nitrogen and oxygen atoms in total. The summed E-state index contributed by atoms with van der Waals surface area (Å²) < 4.78 is 12.6. The van der Waals surface area contributed by atoms with Gasteiger partial charge in [0, 0.05) is 31.5 Å². The van der Waals surface area contributed by atoms with E-state index in [4.69, 9.17) is 9.47 Å². The van der Waals surface area contributed by atoms with Gasteiger partial charge in [-0.25, -0.2) is 0 Å². The predicted octanol–water partition coefficient (Wildman–Crippen LogP) is 4.85. The zero-order valence-electron chi connectivity index (χ0n) is 17.3. The van der Waals surface area contributed by atoms with Gasteiger partial charge >= 0.3 is 0 Å². The van der Waals surface area contributed by atoms with Crippen LogP contribution in [0.15, 0.2) is 84.9 Å². The average Bonchev–Trinajstić information content (AvgIpc) is 3.28. The maximum absolute atomic E-state index is 6.61. The fourth-order valence-electron chi connectivity index (χ4n) is 4.77. The van der Waals surface area contributed by atoms with Gasteiger partial charge in [0.15, 0.2) is 5.72 Å². The quantitative estimate of drug-likeness (QED) is 0.645. The number of fused-ring (bicyclic) bond motifs is 4. The molecule has 0 bridgehead atoms. The summed E-state index contributed by atoms with van der Waals surface area (Å²) in [5.74, 6) is 2.67. The number of hydrogen-bond donors (Lipinski definition) is 2. The number of ether oxygens (including phenoxy) is 2. The van der Waals surface area contributed by atoms with Crippen molar-refractivity contribution >= 4 is 5.70 Å². The number of rotatable bonds is 3. The number of para-hydroxylation sites is 2. The normalized spacial score (nSPS) is 21.4. The monoisotopic (exact) mass is 411 g/mol. The van der Waals surface area contributed by atoms with Crippen molar-refractivity contribution in [3.05, 3.63) is 96.1 Å². The van der Waals surface area contributed by atoms with Crippen LogP contribution in [-0.2, 0) is 0 Å². The highest BCUT2D eigenvalue weighted by molar-refractivity contribution is 5.68. The third-order valence-electron chi connectivity index (χ3n) is 6.35. The second-order valence-electron chi connectivity index (χ2n) is 8.28. The number of hydrazine groups is 1. The molecule has 0 aliphatic carbocycles. The van der Waals surface area contributed by atoms with Crippen LogP contribution in [-0.4, -0.2) is 23.8 Å². The Morgan fingerprint density at radius 1 is 0.839 bits per heavy atom. The smallest absolute Gasteiger partial charge is 0.182 e. The Labute approximate surface area is 182 Å². The summed E-state index contributed by atoms with van der Waals surface area (Å²) in [4.78, 5) is 0. The molecule has 1 spiro atoms. The van der Waals surface area contributed by atoms with Crippen molar-refractivity contribution in [1.82, 2.24) is 15.8 Å². The van der Waals surface area contributed by atoms with Crippen LogP contribution in [0.3, 0.4) is 0 Å². The second kappa shape index (κ2) is 7.45. The number of nitrogens with zero attached hydrogens (tertiary/aromatic N) is 1. The lowest BCUT2D eigenvalue weighted by Crippen LogP contribution is -2.63. The van der Waals surface area contributed by atoms with Crippen molar-refractivity contribution in [2.75, 3.05) is 13.1 Å². The molecule has 0 amide bonds. The minimum Gasteiger partial charge on any atom is -0.470 e. The third kappa shape index (κ3) is 3.26. The lowest BCUT2D eigenvalue weighted by molar-refractivity contribution is -0.146. The molecular weight excluding hydrogens is 386 g/mol. The maximum atomic E-state index is 6.61. The molecule has 5 heteroatoms. The van der Waals surface area contributed by atoms with E-state index in [1.54, 1.807) is 0 Å². The summed E-state index contributed by atoms with van der Waals surface area (Å²) in [5, 5.41) is 5.78. The summed E-state index contributed by atoms with van der Waals surface area (Å²) >= 11 is 0. The zero-order chi connectivity index (χ0) is 20.7. The molecule has 3 aromatic rings. The van der Waals surface area contributed by atoms with E-state index in [2.05, 4.69) is 58.2 Å². The number of benzene rings is 3. The first kappa shape index (κ1) is 18.5. The molecule has 31 heavy (non-hydrogen) atoms. The van der Waals surface area contributed by atoms with Gasteiger partial charge in [-0.1, -0.05) is 36.4 Å². The second-order valence-corrected chi connectivity index (χ2v) is 8.28. The largest absolute Gasteiger partial charge is 0.470 e. The van der Waals surface area contributed by atoms with Crippen molar-refractivity contribution in [2.24, 2.45) is 0 Å². The van der Waals surface area contributed by atoms with Gasteiger partial charge in [-0.2, -0.15) is 5.01 Å². The van der Waals surface area contributed by atoms with Gasteiger partial charge in [0.1, 0.15) is 17.2 Å². The lowest BCUT2D eigenvalue weighted by Gasteiger charge is -2.50. The Hall–Kier alpha value is -3.28. The fourth-order valence-corrected chi connectivity index (χ4v) is 4.77. The molecule has 3 aromatic carbocycles. The van der Waals surface area contributed by atoms with Gasteiger partial charge < -0.3 is 20.2 Å². The fraction of sp³-hybridized carbons (Fsp3) is 0.231. The van der Waals surface area contributed by atoms with Gasteiger partial charge in [-0.05, 0) is 54.1 Å². The molecule has 3 aliphatic rings. The zero-order valence-corrected chi connectivity index (χ0v) is 17.3. The highest BCUT2D eigenvalue weighted by atomic mass is 16.5. The summed E-state index contributed by atoms with van der Waals surface area (Å²) in [6.07, 6.45) is 4.20. The molecule has 1 atom stereocenters. The van der Waals surface area contributed by atoms with E-state index in [1.165, 1.54) is 5.56 Å². The van der Waals surface area contributed by atoms with E-state index in [1.807, 2.05) is 42.5 Å². The van der Waals surface area contributed by atoms with Crippen LogP contribution in [0, 0.1) is 0 Å². The first-order valence-corrected chi connectivity index (χ1v) is 10.9.